The first-order valence-corrected chi connectivity index (χ1v) is 0.651. The van der Waals surface area contributed by atoms with Crippen molar-refractivity contribution in [3.8, 4) is 0 Å². The van der Waals surface area contributed by atoms with Crippen molar-refractivity contribution in [1.29, 1.82) is 0 Å². The van der Waals surface area contributed by atoms with Gasteiger partial charge in [-0.3, -0.25) is 0 Å². The van der Waals surface area contributed by atoms with Gasteiger partial charge in [0.1, 0.15) is 0 Å². The first-order valence-electron chi connectivity index (χ1n) is 0.651. The molecule has 0 aliphatic rings. The van der Waals surface area contributed by atoms with Crippen LogP contribution in [0.2, 0.25) is 0 Å². The summed E-state index contributed by atoms with van der Waals surface area (Å²) in [5, 5.41) is 13.9. The predicted octanol–water partition coefficient (Wildman–Crippen LogP) is -0.158. The summed E-state index contributed by atoms with van der Waals surface area (Å²) in [7, 11) is 0. The molecular weight excluding hydrogens is 197 g/mol. The molecule has 3 nitrogen and oxygen atoms in total. The van der Waals surface area contributed by atoms with E-state index in [-0.39, 0.29) is 48.9 Å². The Morgan fingerprint density at radius 3 is 1.40 bits per heavy atom. The Morgan fingerprint density at radius 1 is 1.40 bits per heavy atom. The van der Waals surface area contributed by atoms with E-state index in [0.717, 1.165) is 0 Å². The van der Waals surface area contributed by atoms with Gasteiger partial charge in [0.2, 0.25) is 0 Å². The monoisotopic (exact) mass is 200 g/mol. The average molecular weight is 199 g/mol. The Morgan fingerprint density at radius 2 is 1.40 bits per heavy atom. The second kappa shape index (κ2) is 4.84. The largest absolute Gasteiger partial charge is 2.00 e. The second-order valence-corrected chi connectivity index (χ2v) is 0.283. The maximum absolute atomic E-state index is 8.56. The molecule has 0 aromatic carbocycles. The molecule has 0 heterocycles. The molecule has 0 radical (unpaired) electrons. The third-order valence-electron chi connectivity index (χ3n) is 0. The zero-order valence-corrected chi connectivity index (χ0v) is 6.95. The molecule has 0 aromatic rings. The zero-order valence-electron chi connectivity index (χ0n) is 2.51. The van der Waals surface area contributed by atoms with E-state index in [1.54, 1.807) is 0 Å². The van der Waals surface area contributed by atoms with E-state index in [9.17, 15) is 0 Å². The van der Waals surface area contributed by atoms with Crippen LogP contribution in [-0.2, 0) is 0 Å². The molecule has 0 spiro atoms. The molecule has 0 bridgehead atoms. The van der Waals surface area contributed by atoms with Crippen LogP contribution in [0.25, 0.3) is 0 Å². The quantitative estimate of drug-likeness (QED) is 0.533. The van der Waals surface area contributed by atoms with Gasteiger partial charge in [0.05, 0.1) is 0 Å². The maximum atomic E-state index is 8.56. The molecule has 0 aliphatic heterocycles. The van der Waals surface area contributed by atoms with E-state index in [2.05, 4.69) is 0 Å². The summed E-state index contributed by atoms with van der Waals surface area (Å²) in [6, 6.07) is 0. The van der Waals surface area contributed by atoms with E-state index in [0.29, 0.717) is 0 Å². The van der Waals surface area contributed by atoms with Crippen LogP contribution in [0.1, 0.15) is 0 Å². The van der Waals surface area contributed by atoms with Gasteiger partial charge >= 0.3 is 55.0 Å². The predicted molar refractivity (Wildman–Crippen MR) is 16.4 cm³/mol. The topological polar surface area (TPSA) is 57.5 Å². The number of rotatable bonds is 0. The van der Waals surface area contributed by atoms with E-state index < -0.39 is 6.16 Å². The van der Waals surface area contributed by atoms with Crippen LogP contribution in [0.4, 0.5) is 4.79 Å². The molecular formula is CH2BaO3+2. The van der Waals surface area contributed by atoms with Gasteiger partial charge in [-0.25, -0.2) is 4.79 Å². The first-order chi connectivity index (χ1) is 1.73. The number of carboxylic acid groups (broad SMARTS) is 2. The molecule has 24 valence electrons. The van der Waals surface area contributed by atoms with Crippen molar-refractivity contribution in [3.63, 3.8) is 0 Å². The average Bonchev–Trinajstić information content (AvgIpc) is 0.811. The molecule has 2 N–H and O–H groups in total. The van der Waals surface area contributed by atoms with Crippen molar-refractivity contribution in [2.45, 2.75) is 0 Å². The van der Waals surface area contributed by atoms with E-state index in [1.807, 2.05) is 0 Å². The summed E-state index contributed by atoms with van der Waals surface area (Å²) >= 11 is 0. The maximum Gasteiger partial charge on any atom is 2.00 e. The number of hydrogen-bond acceptors (Lipinski definition) is 1. The van der Waals surface area contributed by atoms with Gasteiger partial charge < -0.3 is 10.2 Å². The fraction of sp³-hybridized carbons (Fsp3) is 0. The molecule has 0 amide bonds. The van der Waals surface area contributed by atoms with Gasteiger partial charge in [-0.05, 0) is 0 Å². The second-order valence-electron chi connectivity index (χ2n) is 0.283. The minimum Gasteiger partial charge on any atom is -0.450 e. The summed E-state index contributed by atoms with van der Waals surface area (Å²) in [5.41, 5.74) is 0. The van der Waals surface area contributed by atoms with Crippen molar-refractivity contribution >= 4 is 55.0 Å². The van der Waals surface area contributed by atoms with Gasteiger partial charge in [0.15, 0.2) is 0 Å². The molecule has 0 fully saturated rings. The molecule has 0 saturated carbocycles. The van der Waals surface area contributed by atoms with Crippen molar-refractivity contribution in [3.05, 3.63) is 0 Å². The van der Waals surface area contributed by atoms with Gasteiger partial charge in [0.25, 0.3) is 0 Å². The van der Waals surface area contributed by atoms with Crippen LogP contribution in [0.15, 0.2) is 0 Å². The van der Waals surface area contributed by atoms with E-state index in [1.165, 1.54) is 0 Å². The zero-order chi connectivity index (χ0) is 3.58. The molecule has 0 aromatic heterocycles. The summed E-state index contributed by atoms with van der Waals surface area (Å²) in [6.07, 6.45) is -1.83. The molecule has 0 rings (SSSR count). The van der Waals surface area contributed by atoms with Crippen LogP contribution in [0.5, 0.6) is 0 Å². The van der Waals surface area contributed by atoms with Crippen molar-refractivity contribution in [2.75, 3.05) is 0 Å². The smallest absolute Gasteiger partial charge is 0.450 e. The van der Waals surface area contributed by atoms with Crippen LogP contribution in [0, 0.1) is 0 Å². The third-order valence-corrected chi connectivity index (χ3v) is 0. The normalized spacial score (nSPS) is 4.80. The van der Waals surface area contributed by atoms with Crippen LogP contribution >= 0.6 is 0 Å². The summed E-state index contributed by atoms with van der Waals surface area (Å²) < 4.78 is 0. The van der Waals surface area contributed by atoms with Crippen molar-refractivity contribution in [1.82, 2.24) is 0 Å². The first kappa shape index (κ1) is 9.28. The fourth-order valence-electron chi connectivity index (χ4n) is 0. The Balaban J connectivity index is 0. The van der Waals surface area contributed by atoms with Crippen molar-refractivity contribution in [2.24, 2.45) is 0 Å². The third kappa shape index (κ3) is 55.2. The molecule has 4 heteroatoms. The van der Waals surface area contributed by atoms with Crippen LogP contribution < -0.4 is 0 Å². The minimum atomic E-state index is -1.83. The van der Waals surface area contributed by atoms with E-state index in [4.69, 9.17) is 15.0 Å². The molecule has 0 atom stereocenters. The molecule has 0 saturated heterocycles. The number of carbonyl (C=O) groups is 1. The molecule has 5 heavy (non-hydrogen) atoms. The van der Waals surface area contributed by atoms with Crippen molar-refractivity contribution < 1.29 is 15.0 Å². The SMILES string of the molecule is O=C(O)O.[Ba+2]. The number of hydrogen-bond donors (Lipinski definition) is 2. The van der Waals surface area contributed by atoms with Gasteiger partial charge in [0, 0.05) is 0 Å². The standard InChI is InChI=1S/CH2O3.Ba/c2-1(3)4;/h(H2,2,3,4);/q;+2. The Labute approximate surface area is 69.1 Å². The molecule has 0 aliphatic carbocycles. The molecule has 0 unspecified atom stereocenters. The Hall–Kier alpha value is 0.841. The fourth-order valence-corrected chi connectivity index (χ4v) is 0. The van der Waals surface area contributed by atoms with E-state index >= 15 is 0 Å². The summed E-state index contributed by atoms with van der Waals surface area (Å²) in [6.45, 7) is 0. The van der Waals surface area contributed by atoms with Gasteiger partial charge in [-0.2, -0.15) is 0 Å². The minimum absolute atomic E-state index is 0. The van der Waals surface area contributed by atoms with Crippen LogP contribution in [-0.4, -0.2) is 65.2 Å². The van der Waals surface area contributed by atoms with Crippen LogP contribution in [0.3, 0.4) is 0 Å². The summed E-state index contributed by atoms with van der Waals surface area (Å²) in [4.78, 5) is 8.56. The Bertz CT molecular complexity index is 29.9. The summed E-state index contributed by atoms with van der Waals surface area (Å²) in [5.74, 6) is 0. The van der Waals surface area contributed by atoms with Gasteiger partial charge in [-0.1, -0.05) is 0 Å². The Kier molecular flexibility index (Phi) is 8.98. The van der Waals surface area contributed by atoms with Gasteiger partial charge in [-0.15, -0.1) is 0 Å².